The van der Waals surface area contributed by atoms with Crippen molar-refractivity contribution in [3.05, 3.63) is 95.5 Å². The average Bonchev–Trinajstić information content (AvgIpc) is 3.20. The van der Waals surface area contributed by atoms with E-state index in [2.05, 4.69) is 27.3 Å². The van der Waals surface area contributed by atoms with Crippen molar-refractivity contribution in [3.63, 3.8) is 0 Å². The van der Waals surface area contributed by atoms with Gasteiger partial charge in [0.25, 0.3) is 0 Å². The number of nitrogens with one attached hydrogen (secondary N) is 2. The molecule has 0 aliphatic rings. The first kappa shape index (κ1) is 23.5. The lowest BCUT2D eigenvalue weighted by atomic mass is 9.99. The van der Waals surface area contributed by atoms with Crippen LogP contribution in [0.4, 0.5) is 17.6 Å². The molecule has 0 fully saturated rings. The molecule has 0 radical (unpaired) electrons. The van der Waals surface area contributed by atoms with Gasteiger partial charge in [-0.15, -0.1) is 0 Å². The van der Waals surface area contributed by atoms with E-state index in [1.54, 1.807) is 23.9 Å². The Morgan fingerprint density at radius 1 is 1.12 bits per heavy atom. The van der Waals surface area contributed by atoms with E-state index in [1.807, 2.05) is 19.3 Å². The van der Waals surface area contributed by atoms with Crippen LogP contribution in [-0.4, -0.2) is 21.8 Å². The molecule has 32 heavy (non-hydrogen) atoms. The van der Waals surface area contributed by atoms with Crippen molar-refractivity contribution in [2.45, 2.75) is 31.1 Å². The molecule has 2 aromatic heterocycles. The standard InChI is InChI=1S/C23H25F4N5/c1-15(28-2)22(17-6-8-18(24)9-7-17)30-19(20-12-13-32(3)31-20)10-4-16-5-11-21(29-14-16)23(25,26)27/h5-9,11-14,19,22,28,30H,1,4,10H2,2-3H3. The Bertz CT molecular complexity index is 1030. The fourth-order valence-electron chi connectivity index (χ4n) is 3.39. The summed E-state index contributed by atoms with van der Waals surface area (Å²) in [7, 11) is 3.56. The first-order chi connectivity index (χ1) is 15.2. The molecule has 5 nitrogen and oxygen atoms in total. The maximum Gasteiger partial charge on any atom is 0.433 e. The molecule has 0 aliphatic heterocycles. The summed E-state index contributed by atoms with van der Waals surface area (Å²) in [6.45, 7) is 4.07. The molecule has 0 bridgehead atoms. The highest BCUT2D eigenvalue weighted by atomic mass is 19.4. The molecule has 0 aliphatic carbocycles. The second kappa shape index (κ2) is 9.95. The van der Waals surface area contributed by atoms with Crippen molar-refractivity contribution >= 4 is 0 Å². The van der Waals surface area contributed by atoms with Gasteiger partial charge in [-0.25, -0.2) is 4.39 Å². The molecule has 1 aromatic carbocycles. The first-order valence-corrected chi connectivity index (χ1v) is 10.1. The number of alkyl halides is 3. The molecule has 0 spiro atoms. The predicted molar refractivity (Wildman–Crippen MR) is 114 cm³/mol. The van der Waals surface area contributed by atoms with Crippen LogP contribution in [0.15, 0.2) is 67.1 Å². The van der Waals surface area contributed by atoms with Gasteiger partial charge in [0.15, 0.2) is 0 Å². The van der Waals surface area contributed by atoms with Crippen LogP contribution >= 0.6 is 0 Å². The number of pyridine rings is 1. The van der Waals surface area contributed by atoms with E-state index >= 15 is 0 Å². The summed E-state index contributed by atoms with van der Waals surface area (Å²) in [4.78, 5) is 3.54. The van der Waals surface area contributed by atoms with Crippen molar-refractivity contribution in [1.82, 2.24) is 25.4 Å². The lowest BCUT2D eigenvalue weighted by molar-refractivity contribution is -0.141. The van der Waals surface area contributed by atoms with Crippen LogP contribution in [-0.2, 0) is 19.6 Å². The fraction of sp³-hybridized carbons (Fsp3) is 0.304. The zero-order valence-electron chi connectivity index (χ0n) is 17.8. The predicted octanol–water partition coefficient (Wildman–Crippen LogP) is 4.71. The van der Waals surface area contributed by atoms with Crippen LogP contribution in [0.5, 0.6) is 0 Å². The molecule has 0 amide bonds. The minimum Gasteiger partial charge on any atom is -0.390 e. The molecule has 170 valence electrons. The van der Waals surface area contributed by atoms with Gasteiger partial charge in [0, 0.05) is 32.2 Å². The Labute approximate surface area is 184 Å². The van der Waals surface area contributed by atoms with E-state index in [9.17, 15) is 17.6 Å². The average molecular weight is 447 g/mol. The van der Waals surface area contributed by atoms with Crippen molar-refractivity contribution in [2.75, 3.05) is 7.05 Å². The number of aromatic nitrogens is 3. The first-order valence-electron chi connectivity index (χ1n) is 10.1. The third-order valence-corrected chi connectivity index (χ3v) is 5.17. The lowest BCUT2D eigenvalue weighted by Crippen LogP contribution is -2.32. The van der Waals surface area contributed by atoms with Gasteiger partial charge in [0.05, 0.1) is 17.8 Å². The van der Waals surface area contributed by atoms with Gasteiger partial charge in [-0.05, 0) is 48.2 Å². The molecule has 9 heteroatoms. The van der Waals surface area contributed by atoms with Crippen LogP contribution in [0.3, 0.4) is 0 Å². The van der Waals surface area contributed by atoms with Crippen LogP contribution in [0.25, 0.3) is 0 Å². The molecule has 0 saturated carbocycles. The van der Waals surface area contributed by atoms with Crippen molar-refractivity contribution < 1.29 is 17.6 Å². The number of hydrogen-bond donors (Lipinski definition) is 2. The van der Waals surface area contributed by atoms with Crippen LogP contribution in [0.1, 0.15) is 41.0 Å². The third-order valence-electron chi connectivity index (χ3n) is 5.17. The van der Waals surface area contributed by atoms with E-state index in [-0.39, 0.29) is 17.9 Å². The topological polar surface area (TPSA) is 54.8 Å². The molecule has 3 rings (SSSR count). The second-order valence-corrected chi connectivity index (χ2v) is 7.48. The molecule has 0 saturated heterocycles. The lowest BCUT2D eigenvalue weighted by Gasteiger charge is -2.27. The van der Waals surface area contributed by atoms with Crippen LogP contribution < -0.4 is 10.6 Å². The van der Waals surface area contributed by atoms with E-state index in [1.165, 1.54) is 24.4 Å². The largest absolute Gasteiger partial charge is 0.433 e. The van der Waals surface area contributed by atoms with E-state index in [4.69, 9.17) is 0 Å². The van der Waals surface area contributed by atoms with Crippen molar-refractivity contribution in [2.24, 2.45) is 7.05 Å². The highest BCUT2D eigenvalue weighted by Gasteiger charge is 2.32. The van der Waals surface area contributed by atoms with Gasteiger partial charge in [0.2, 0.25) is 0 Å². The van der Waals surface area contributed by atoms with Gasteiger partial charge in [-0.3, -0.25) is 15.0 Å². The van der Waals surface area contributed by atoms with Crippen LogP contribution in [0.2, 0.25) is 0 Å². The number of halogens is 4. The molecule has 2 atom stereocenters. The number of aryl methyl sites for hydroxylation is 2. The van der Waals surface area contributed by atoms with Gasteiger partial charge < -0.3 is 5.32 Å². The summed E-state index contributed by atoms with van der Waals surface area (Å²) < 4.78 is 53.4. The molecule has 3 aromatic rings. The Kier molecular flexibility index (Phi) is 7.29. The van der Waals surface area contributed by atoms with Crippen LogP contribution in [0, 0.1) is 5.82 Å². The Morgan fingerprint density at radius 3 is 2.38 bits per heavy atom. The van der Waals surface area contributed by atoms with E-state index < -0.39 is 11.9 Å². The molecule has 2 N–H and O–H groups in total. The number of benzene rings is 1. The Hall–Kier alpha value is -3.20. The number of rotatable bonds is 9. The summed E-state index contributed by atoms with van der Waals surface area (Å²) in [5.41, 5.74) is 2.06. The number of nitrogens with zero attached hydrogens (tertiary/aromatic N) is 3. The summed E-state index contributed by atoms with van der Waals surface area (Å²) in [5.74, 6) is -0.335. The minimum absolute atomic E-state index is 0.237. The van der Waals surface area contributed by atoms with Crippen molar-refractivity contribution in [3.8, 4) is 0 Å². The Balaban J connectivity index is 1.82. The van der Waals surface area contributed by atoms with Gasteiger partial charge in [-0.1, -0.05) is 24.8 Å². The normalized spacial score (nSPS) is 13.6. The molecule has 2 unspecified atom stereocenters. The fourth-order valence-corrected chi connectivity index (χ4v) is 3.39. The van der Waals surface area contributed by atoms with Gasteiger partial charge in [-0.2, -0.15) is 18.3 Å². The number of likely N-dealkylation sites (N-methyl/N-ethyl adjacent to an activating group) is 1. The zero-order chi connectivity index (χ0) is 23.3. The highest BCUT2D eigenvalue weighted by molar-refractivity contribution is 5.27. The summed E-state index contributed by atoms with van der Waals surface area (Å²) >= 11 is 0. The van der Waals surface area contributed by atoms with E-state index in [0.29, 0.717) is 24.1 Å². The molecular formula is C23H25F4N5. The SMILES string of the molecule is C=C(NC)C(NC(CCc1ccc(C(F)(F)F)nc1)c1ccn(C)n1)c1ccc(F)cc1. The molecule has 2 heterocycles. The smallest absolute Gasteiger partial charge is 0.390 e. The Morgan fingerprint density at radius 2 is 1.84 bits per heavy atom. The monoisotopic (exact) mass is 447 g/mol. The third kappa shape index (κ3) is 5.94. The summed E-state index contributed by atoms with van der Waals surface area (Å²) in [6.07, 6.45) is -0.349. The van der Waals surface area contributed by atoms with Crippen molar-refractivity contribution in [1.29, 1.82) is 0 Å². The molecular weight excluding hydrogens is 422 g/mol. The second-order valence-electron chi connectivity index (χ2n) is 7.48. The van der Waals surface area contributed by atoms with Gasteiger partial charge >= 0.3 is 6.18 Å². The maximum absolute atomic E-state index is 13.4. The minimum atomic E-state index is -4.47. The van der Waals surface area contributed by atoms with Gasteiger partial charge in [0.1, 0.15) is 11.5 Å². The zero-order valence-corrected chi connectivity index (χ0v) is 17.8. The highest BCUT2D eigenvalue weighted by Crippen LogP contribution is 2.29. The number of hydrogen-bond acceptors (Lipinski definition) is 4. The summed E-state index contributed by atoms with van der Waals surface area (Å²) in [6, 6.07) is 9.88. The maximum atomic E-state index is 13.4. The summed E-state index contributed by atoms with van der Waals surface area (Å²) in [5, 5.41) is 11.1. The van der Waals surface area contributed by atoms with E-state index in [0.717, 1.165) is 17.3 Å². The quantitative estimate of drug-likeness (QED) is 0.467.